The van der Waals surface area contributed by atoms with Gasteiger partial charge in [-0.15, -0.1) is 0 Å². The van der Waals surface area contributed by atoms with Gasteiger partial charge in [0.2, 0.25) is 16.8 Å². The molecule has 1 heterocycles. The molecule has 0 fully saturated rings. The summed E-state index contributed by atoms with van der Waals surface area (Å²) in [5.41, 5.74) is 0. The van der Waals surface area contributed by atoms with Crippen LogP contribution in [-0.4, -0.2) is 35.3 Å². The average molecular weight is 272 g/mol. The zero-order valence-corrected chi connectivity index (χ0v) is 10.9. The summed E-state index contributed by atoms with van der Waals surface area (Å²) >= 11 is 0. The summed E-state index contributed by atoms with van der Waals surface area (Å²) in [6.07, 6.45) is 0.736. The van der Waals surface area contributed by atoms with Crippen molar-refractivity contribution in [1.29, 1.82) is 0 Å². The molecule has 0 aromatic heterocycles. The molecule has 2 N–H and O–H groups in total. The fourth-order valence-corrected chi connectivity index (χ4v) is 2.69. The summed E-state index contributed by atoms with van der Waals surface area (Å²) in [4.78, 5) is 0.191. The van der Waals surface area contributed by atoms with E-state index in [0.717, 1.165) is 13.0 Å². The highest BCUT2D eigenvalue weighted by Crippen LogP contribution is 2.33. The van der Waals surface area contributed by atoms with Crippen LogP contribution in [0.4, 0.5) is 0 Å². The van der Waals surface area contributed by atoms with Crippen LogP contribution in [0.3, 0.4) is 0 Å². The zero-order valence-electron chi connectivity index (χ0n) is 10.1. The third kappa shape index (κ3) is 2.92. The topological polar surface area (TPSA) is 76.7 Å². The van der Waals surface area contributed by atoms with Crippen LogP contribution in [0.25, 0.3) is 0 Å². The first-order chi connectivity index (χ1) is 8.63. The lowest BCUT2D eigenvalue weighted by Crippen LogP contribution is -2.26. The first-order valence-electron chi connectivity index (χ1n) is 5.67. The van der Waals surface area contributed by atoms with Gasteiger partial charge in [0, 0.05) is 12.6 Å². The van der Waals surface area contributed by atoms with Crippen LogP contribution in [0.1, 0.15) is 6.42 Å². The molecule has 0 saturated heterocycles. The van der Waals surface area contributed by atoms with E-state index in [0.29, 0.717) is 18.0 Å². The van der Waals surface area contributed by atoms with E-state index in [-0.39, 0.29) is 11.7 Å². The third-order valence-electron chi connectivity index (χ3n) is 2.55. The Morgan fingerprint density at radius 2 is 2.00 bits per heavy atom. The number of rotatable bonds is 6. The third-order valence-corrected chi connectivity index (χ3v) is 4.01. The van der Waals surface area contributed by atoms with E-state index >= 15 is 0 Å². The van der Waals surface area contributed by atoms with Gasteiger partial charge in [-0.25, -0.2) is 13.1 Å². The molecular weight excluding hydrogens is 256 g/mol. The predicted molar refractivity (Wildman–Crippen MR) is 66.3 cm³/mol. The molecular formula is C11H16N2O4S. The van der Waals surface area contributed by atoms with E-state index in [9.17, 15) is 8.42 Å². The van der Waals surface area contributed by atoms with Gasteiger partial charge >= 0.3 is 0 Å². The Bertz CT molecular complexity index is 516. The summed E-state index contributed by atoms with van der Waals surface area (Å²) in [6.45, 7) is 1.30. The first-order valence-corrected chi connectivity index (χ1v) is 7.16. The first kappa shape index (κ1) is 13.1. The Morgan fingerprint density at radius 1 is 1.22 bits per heavy atom. The molecule has 0 amide bonds. The number of hydrogen-bond acceptors (Lipinski definition) is 5. The Hall–Kier alpha value is -1.31. The van der Waals surface area contributed by atoms with E-state index < -0.39 is 10.0 Å². The quantitative estimate of drug-likeness (QED) is 0.729. The van der Waals surface area contributed by atoms with E-state index in [1.165, 1.54) is 12.1 Å². The molecule has 1 aromatic carbocycles. The number of sulfonamides is 1. The van der Waals surface area contributed by atoms with Crippen LogP contribution in [-0.2, 0) is 10.0 Å². The molecule has 0 saturated carbocycles. The second kappa shape index (κ2) is 5.55. The molecule has 1 aliphatic rings. The fraction of sp³-hybridized carbons (Fsp3) is 0.455. The number of ether oxygens (including phenoxy) is 2. The Morgan fingerprint density at radius 3 is 2.78 bits per heavy atom. The van der Waals surface area contributed by atoms with E-state index in [1.54, 1.807) is 6.07 Å². The molecule has 0 unspecified atom stereocenters. The van der Waals surface area contributed by atoms with Crippen molar-refractivity contribution >= 4 is 10.0 Å². The summed E-state index contributed by atoms with van der Waals surface area (Å²) < 4.78 is 36.8. The van der Waals surface area contributed by atoms with Crippen molar-refractivity contribution in [3.63, 3.8) is 0 Å². The molecule has 100 valence electrons. The van der Waals surface area contributed by atoms with Gasteiger partial charge in [0.05, 0.1) is 4.90 Å². The van der Waals surface area contributed by atoms with E-state index in [2.05, 4.69) is 10.0 Å². The maximum absolute atomic E-state index is 12.0. The molecule has 1 aromatic rings. The molecule has 0 spiro atoms. The highest BCUT2D eigenvalue weighted by molar-refractivity contribution is 7.89. The molecule has 0 bridgehead atoms. The van der Waals surface area contributed by atoms with Gasteiger partial charge in [0.15, 0.2) is 11.5 Å². The van der Waals surface area contributed by atoms with Crippen molar-refractivity contribution in [2.75, 3.05) is 26.9 Å². The standard InChI is InChI=1S/C11H16N2O4S/c1-12-5-2-6-13-18(14,15)9-3-4-10-11(7-9)17-8-16-10/h3-4,7,12-13H,2,5-6,8H2,1H3. The normalized spacial score (nSPS) is 13.8. The minimum absolute atomic E-state index is 0.133. The fourth-order valence-electron chi connectivity index (χ4n) is 1.60. The minimum atomic E-state index is -3.48. The Kier molecular flexibility index (Phi) is 4.05. The highest BCUT2D eigenvalue weighted by Gasteiger charge is 2.19. The maximum Gasteiger partial charge on any atom is 0.240 e. The SMILES string of the molecule is CNCCCNS(=O)(=O)c1ccc2c(c1)OCO2. The Labute approximate surface area is 106 Å². The van der Waals surface area contributed by atoms with Gasteiger partial charge in [-0.05, 0) is 32.1 Å². The monoisotopic (exact) mass is 272 g/mol. The van der Waals surface area contributed by atoms with Crippen LogP contribution in [0.5, 0.6) is 11.5 Å². The summed E-state index contributed by atoms with van der Waals surface area (Å²) in [6, 6.07) is 4.58. The number of nitrogens with one attached hydrogen (secondary N) is 2. The van der Waals surface area contributed by atoms with Crippen molar-refractivity contribution in [3.05, 3.63) is 18.2 Å². The van der Waals surface area contributed by atoms with Gasteiger partial charge < -0.3 is 14.8 Å². The maximum atomic E-state index is 12.0. The van der Waals surface area contributed by atoms with Crippen molar-refractivity contribution in [1.82, 2.24) is 10.0 Å². The molecule has 18 heavy (non-hydrogen) atoms. The lowest BCUT2D eigenvalue weighted by molar-refractivity contribution is 0.174. The molecule has 2 rings (SSSR count). The second-order valence-electron chi connectivity index (χ2n) is 3.87. The molecule has 1 aliphatic heterocycles. The van der Waals surface area contributed by atoms with Gasteiger partial charge in [0.1, 0.15) is 0 Å². The van der Waals surface area contributed by atoms with Crippen molar-refractivity contribution in [3.8, 4) is 11.5 Å². The van der Waals surface area contributed by atoms with Crippen LogP contribution >= 0.6 is 0 Å². The van der Waals surface area contributed by atoms with E-state index in [4.69, 9.17) is 9.47 Å². The molecule has 0 aliphatic carbocycles. The van der Waals surface area contributed by atoms with Crippen LogP contribution in [0.2, 0.25) is 0 Å². The smallest absolute Gasteiger partial charge is 0.240 e. The number of hydrogen-bond donors (Lipinski definition) is 2. The molecule has 6 nitrogen and oxygen atoms in total. The van der Waals surface area contributed by atoms with Crippen molar-refractivity contribution < 1.29 is 17.9 Å². The molecule has 7 heteroatoms. The largest absolute Gasteiger partial charge is 0.454 e. The van der Waals surface area contributed by atoms with Crippen molar-refractivity contribution in [2.24, 2.45) is 0 Å². The molecule has 0 radical (unpaired) electrons. The summed E-state index contributed by atoms with van der Waals surface area (Å²) in [5.74, 6) is 1.04. The van der Waals surface area contributed by atoms with E-state index in [1.807, 2.05) is 7.05 Å². The average Bonchev–Trinajstić information content (AvgIpc) is 2.82. The summed E-state index contributed by atoms with van der Waals surface area (Å²) in [7, 11) is -1.65. The zero-order chi connectivity index (χ0) is 13.0. The minimum Gasteiger partial charge on any atom is -0.454 e. The van der Waals surface area contributed by atoms with Gasteiger partial charge in [0.25, 0.3) is 0 Å². The number of fused-ring (bicyclic) bond motifs is 1. The van der Waals surface area contributed by atoms with Gasteiger partial charge in [-0.2, -0.15) is 0 Å². The lowest BCUT2D eigenvalue weighted by Gasteiger charge is -2.07. The predicted octanol–water partition coefficient (Wildman–Crippen LogP) is 0.303. The van der Waals surface area contributed by atoms with Gasteiger partial charge in [-0.1, -0.05) is 0 Å². The van der Waals surface area contributed by atoms with Crippen LogP contribution in [0.15, 0.2) is 23.1 Å². The lowest BCUT2D eigenvalue weighted by atomic mass is 10.3. The summed E-state index contributed by atoms with van der Waals surface area (Å²) in [5, 5.41) is 2.96. The van der Waals surface area contributed by atoms with Crippen LogP contribution in [0, 0.1) is 0 Å². The number of benzene rings is 1. The van der Waals surface area contributed by atoms with Crippen molar-refractivity contribution in [2.45, 2.75) is 11.3 Å². The van der Waals surface area contributed by atoms with Crippen LogP contribution < -0.4 is 19.5 Å². The Balaban J connectivity index is 2.05. The molecule has 0 atom stereocenters. The van der Waals surface area contributed by atoms with Gasteiger partial charge in [-0.3, -0.25) is 0 Å². The highest BCUT2D eigenvalue weighted by atomic mass is 32.2. The second-order valence-corrected chi connectivity index (χ2v) is 5.64.